The molecule has 0 aliphatic carbocycles. The molecule has 0 bridgehead atoms. The third-order valence-corrected chi connectivity index (χ3v) is 3.20. The molecule has 3 N–H and O–H groups in total. The summed E-state index contributed by atoms with van der Waals surface area (Å²) in [4.78, 5) is 12.1. The summed E-state index contributed by atoms with van der Waals surface area (Å²) in [5, 5.41) is 18.5. The van der Waals surface area contributed by atoms with Crippen molar-refractivity contribution >= 4 is 17.4 Å². The standard InChI is InChI=1S/C15H20N4O2/c1-3-12-6-4-5-11(2)14(12)18-15(21)17-13-9-16-19(10-13)7-8-20/h4-6,9-10,20H,3,7-8H2,1-2H3,(H2,17,18,21). The number of aryl methyl sites for hydroxylation is 2. The number of rotatable bonds is 5. The summed E-state index contributed by atoms with van der Waals surface area (Å²) in [5.41, 5.74) is 3.56. The van der Waals surface area contributed by atoms with Crippen LogP contribution in [0.1, 0.15) is 18.1 Å². The molecule has 0 atom stereocenters. The molecule has 21 heavy (non-hydrogen) atoms. The lowest BCUT2D eigenvalue weighted by atomic mass is 10.1. The minimum absolute atomic E-state index is 0.0103. The molecule has 0 spiro atoms. The minimum atomic E-state index is -0.303. The molecular weight excluding hydrogens is 268 g/mol. The number of aliphatic hydroxyl groups is 1. The van der Waals surface area contributed by atoms with Crippen molar-refractivity contribution in [2.75, 3.05) is 17.2 Å². The number of nitrogens with one attached hydrogen (secondary N) is 2. The zero-order valence-corrected chi connectivity index (χ0v) is 12.3. The third kappa shape index (κ3) is 3.82. The smallest absolute Gasteiger partial charge is 0.323 e. The second-order valence-electron chi connectivity index (χ2n) is 4.76. The van der Waals surface area contributed by atoms with Crippen molar-refractivity contribution in [3.63, 3.8) is 0 Å². The number of aliphatic hydroxyl groups excluding tert-OH is 1. The fraction of sp³-hybridized carbons (Fsp3) is 0.333. The largest absolute Gasteiger partial charge is 0.394 e. The van der Waals surface area contributed by atoms with E-state index in [4.69, 9.17) is 5.11 Å². The summed E-state index contributed by atoms with van der Waals surface area (Å²) >= 11 is 0. The zero-order valence-electron chi connectivity index (χ0n) is 12.3. The highest BCUT2D eigenvalue weighted by molar-refractivity contribution is 6.00. The van der Waals surface area contributed by atoms with Gasteiger partial charge in [0.25, 0.3) is 0 Å². The van der Waals surface area contributed by atoms with E-state index < -0.39 is 0 Å². The average Bonchev–Trinajstić information content (AvgIpc) is 2.88. The Balaban J connectivity index is 2.04. The van der Waals surface area contributed by atoms with Gasteiger partial charge in [0.15, 0.2) is 0 Å². The van der Waals surface area contributed by atoms with Gasteiger partial charge in [0.1, 0.15) is 0 Å². The lowest BCUT2D eigenvalue weighted by Crippen LogP contribution is -2.20. The van der Waals surface area contributed by atoms with Crippen LogP contribution in [0, 0.1) is 6.92 Å². The molecule has 6 heteroatoms. The number of carbonyl (C=O) groups is 1. The molecule has 6 nitrogen and oxygen atoms in total. The van der Waals surface area contributed by atoms with Crippen LogP contribution < -0.4 is 10.6 Å². The number of carbonyl (C=O) groups excluding carboxylic acids is 1. The minimum Gasteiger partial charge on any atom is -0.394 e. The van der Waals surface area contributed by atoms with E-state index in [0.717, 1.165) is 23.2 Å². The van der Waals surface area contributed by atoms with Crippen molar-refractivity contribution in [2.45, 2.75) is 26.8 Å². The molecule has 0 saturated heterocycles. The van der Waals surface area contributed by atoms with Gasteiger partial charge in [-0.05, 0) is 24.5 Å². The predicted molar refractivity (Wildman–Crippen MR) is 82.5 cm³/mol. The Hall–Kier alpha value is -2.34. The molecule has 112 valence electrons. The van der Waals surface area contributed by atoms with Crippen LogP contribution in [0.4, 0.5) is 16.2 Å². The number of hydrogen-bond donors (Lipinski definition) is 3. The lowest BCUT2D eigenvalue weighted by Gasteiger charge is -2.13. The monoisotopic (exact) mass is 288 g/mol. The van der Waals surface area contributed by atoms with Gasteiger partial charge < -0.3 is 15.7 Å². The van der Waals surface area contributed by atoms with Crippen molar-refractivity contribution < 1.29 is 9.90 Å². The van der Waals surface area contributed by atoms with Crippen LogP contribution in [0.5, 0.6) is 0 Å². The van der Waals surface area contributed by atoms with Gasteiger partial charge in [-0.3, -0.25) is 4.68 Å². The van der Waals surface area contributed by atoms with E-state index in [9.17, 15) is 4.79 Å². The van der Waals surface area contributed by atoms with E-state index in [1.807, 2.05) is 25.1 Å². The van der Waals surface area contributed by atoms with E-state index in [2.05, 4.69) is 22.7 Å². The fourth-order valence-corrected chi connectivity index (χ4v) is 2.13. The Labute approximate surface area is 123 Å². The molecule has 0 radical (unpaired) electrons. The number of nitrogens with zero attached hydrogens (tertiary/aromatic N) is 2. The summed E-state index contributed by atoms with van der Waals surface area (Å²) < 4.78 is 1.57. The molecule has 0 saturated carbocycles. The Morgan fingerprint density at radius 2 is 2.19 bits per heavy atom. The van der Waals surface area contributed by atoms with Crippen molar-refractivity contribution in [3.8, 4) is 0 Å². The summed E-state index contributed by atoms with van der Waals surface area (Å²) in [7, 11) is 0. The van der Waals surface area contributed by atoms with Crippen molar-refractivity contribution in [2.24, 2.45) is 0 Å². The molecule has 0 aliphatic heterocycles. The molecule has 2 rings (SSSR count). The van der Waals surface area contributed by atoms with Gasteiger partial charge >= 0.3 is 6.03 Å². The summed E-state index contributed by atoms with van der Waals surface area (Å²) in [5.74, 6) is 0. The highest BCUT2D eigenvalue weighted by Gasteiger charge is 2.09. The lowest BCUT2D eigenvalue weighted by molar-refractivity contribution is 0.262. The van der Waals surface area contributed by atoms with Crippen molar-refractivity contribution in [1.82, 2.24) is 9.78 Å². The van der Waals surface area contributed by atoms with E-state index in [1.54, 1.807) is 17.1 Å². The van der Waals surface area contributed by atoms with Crippen LogP contribution in [-0.4, -0.2) is 27.5 Å². The predicted octanol–water partition coefficient (Wildman–Crippen LogP) is 2.39. The maximum Gasteiger partial charge on any atom is 0.323 e. The number of urea groups is 1. The van der Waals surface area contributed by atoms with Crippen LogP contribution >= 0.6 is 0 Å². The highest BCUT2D eigenvalue weighted by Crippen LogP contribution is 2.21. The Bertz CT molecular complexity index is 622. The molecule has 0 unspecified atom stereocenters. The zero-order chi connectivity index (χ0) is 15.2. The number of anilines is 2. The second kappa shape index (κ2) is 6.90. The van der Waals surface area contributed by atoms with Gasteiger partial charge in [-0.25, -0.2) is 4.79 Å². The first-order valence-electron chi connectivity index (χ1n) is 6.94. The van der Waals surface area contributed by atoms with E-state index in [0.29, 0.717) is 12.2 Å². The molecule has 1 aromatic carbocycles. The van der Waals surface area contributed by atoms with Crippen molar-refractivity contribution in [3.05, 3.63) is 41.7 Å². The first-order valence-corrected chi connectivity index (χ1v) is 6.94. The van der Waals surface area contributed by atoms with Crippen LogP contribution in [0.2, 0.25) is 0 Å². The number of benzene rings is 1. The van der Waals surface area contributed by atoms with Crippen LogP contribution in [0.3, 0.4) is 0 Å². The quantitative estimate of drug-likeness (QED) is 0.790. The first kappa shape index (κ1) is 15.1. The topological polar surface area (TPSA) is 79.2 Å². The molecule has 1 heterocycles. The maximum absolute atomic E-state index is 12.1. The Morgan fingerprint density at radius 3 is 2.90 bits per heavy atom. The fourth-order valence-electron chi connectivity index (χ4n) is 2.13. The molecule has 0 fully saturated rings. The van der Waals surface area contributed by atoms with Crippen LogP contribution in [-0.2, 0) is 13.0 Å². The number of para-hydroxylation sites is 1. The Kier molecular flexibility index (Phi) is 4.94. The van der Waals surface area contributed by atoms with E-state index >= 15 is 0 Å². The molecule has 0 aliphatic rings. The molecule has 2 amide bonds. The Morgan fingerprint density at radius 1 is 1.38 bits per heavy atom. The van der Waals surface area contributed by atoms with Gasteiger partial charge in [0.2, 0.25) is 0 Å². The van der Waals surface area contributed by atoms with E-state index in [1.165, 1.54) is 0 Å². The van der Waals surface area contributed by atoms with Crippen LogP contribution in [0.15, 0.2) is 30.6 Å². The normalized spacial score (nSPS) is 10.4. The molecule has 2 aromatic rings. The van der Waals surface area contributed by atoms with Crippen LogP contribution in [0.25, 0.3) is 0 Å². The van der Waals surface area contributed by atoms with Gasteiger partial charge in [-0.1, -0.05) is 25.1 Å². The molecular formula is C15H20N4O2. The van der Waals surface area contributed by atoms with Gasteiger partial charge in [0, 0.05) is 11.9 Å². The first-order chi connectivity index (χ1) is 10.1. The van der Waals surface area contributed by atoms with Gasteiger partial charge in [0.05, 0.1) is 25.0 Å². The number of aromatic nitrogens is 2. The van der Waals surface area contributed by atoms with Gasteiger partial charge in [-0.2, -0.15) is 5.10 Å². The average molecular weight is 288 g/mol. The maximum atomic E-state index is 12.1. The second-order valence-corrected chi connectivity index (χ2v) is 4.76. The highest BCUT2D eigenvalue weighted by atomic mass is 16.3. The van der Waals surface area contributed by atoms with E-state index in [-0.39, 0.29) is 12.6 Å². The number of amides is 2. The summed E-state index contributed by atoms with van der Waals surface area (Å²) in [6, 6.07) is 5.65. The SMILES string of the molecule is CCc1cccc(C)c1NC(=O)Nc1cnn(CCO)c1. The van der Waals surface area contributed by atoms with Gasteiger partial charge in [-0.15, -0.1) is 0 Å². The third-order valence-electron chi connectivity index (χ3n) is 3.20. The summed E-state index contributed by atoms with van der Waals surface area (Å²) in [6.07, 6.45) is 4.08. The molecule has 1 aromatic heterocycles. The number of hydrogen-bond acceptors (Lipinski definition) is 3. The van der Waals surface area contributed by atoms with Crippen molar-refractivity contribution in [1.29, 1.82) is 0 Å². The summed E-state index contributed by atoms with van der Waals surface area (Å²) in [6.45, 7) is 4.43.